The lowest BCUT2D eigenvalue weighted by Gasteiger charge is -2.07. The number of ether oxygens (including phenoxy) is 2. The van der Waals surface area contributed by atoms with Gasteiger partial charge in [0.2, 0.25) is 0 Å². The fraction of sp³-hybridized carbons (Fsp3) is 0.238. The molecule has 9 heteroatoms. The van der Waals surface area contributed by atoms with Gasteiger partial charge in [0.15, 0.2) is 6.61 Å². The molecule has 0 aliphatic heterocycles. The van der Waals surface area contributed by atoms with Crippen LogP contribution >= 0.6 is 22.7 Å². The van der Waals surface area contributed by atoms with Crippen LogP contribution in [0.2, 0.25) is 0 Å². The quantitative estimate of drug-likeness (QED) is 0.526. The summed E-state index contributed by atoms with van der Waals surface area (Å²) in [6.07, 6.45) is 0.00228. The molecule has 0 aliphatic carbocycles. The molecule has 7 nitrogen and oxygen atoms in total. The van der Waals surface area contributed by atoms with Crippen LogP contribution in [-0.4, -0.2) is 36.0 Å². The van der Waals surface area contributed by atoms with Gasteiger partial charge in [-0.1, -0.05) is 30.3 Å². The molecule has 3 aromatic rings. The van der Waals surface area contributed by atoms with E-state index in [-0.39, 0.29) is 17.9 Å². The molecule has 0 unspecified atom stereocenters. The van der Waals surface area contributed by atoms with Gasteiger partial charge in [0, 0.05) is 10.3 Å². The predicted octanol–water partition coefficient (Wildman–Crippen LogP) is 4.08. The monoisotopic (exact) mass is 444 g/mol. The van der Waals surface area contributed by atoms with Crippen LogP contribution in [-0.2, 0) is 25.5 Å². The number of aromatic nitrogens is 1. The van der Waals surface area contributed by atoms with Crippen molar-refractivity contribution < 1.29 is 23.9 Å². The lowest BCUT2D eigenvalue weighted by atomic mass is 10.2. The molecule has 0 radical (unpaired) electrons. The first-order chi connectivity index (χ1) is 14.5. The number of hydrogen-bond donors (Lipinski definition) is 1. The number of thiophene rings is 1. The van der Waals surface area contributed by atoms with Gasteiger partial charge in [-0.3, -0.25) is 9.59 Å². The number of benzene rings is 1. The van der Waals surface area contributed by atoms with E-state index in [1.54, 1.807) is 18.4 Å². The summed E-state index contributed by atoms with van der Waals surface area (Å²) in [4.78, 5) is 41.8. The molecule has 1 N–H and O–H groups in total. The zero-order valence-electron chi connectivity index (χ0n) is 16.5. The summed E-state index contributed by atoms with van der Waals surface area (Å²) in [6, 6.07) is 11.2. The van der Waals surface area contributed by atoms with Crippen molar-refractivity contribution >= 4 is 46.2 Å². The number of aryl methyl sites for hydroxylation is 1. The number of carbonyl (C=O) groups is 3. The van der Waals surface area contributed by atoms with E-state index < -0.39 is 24.5 Å². The highest BCUT2D eigenvalue weighted by Gasteiger charge is 2.20. The van der Waals surface area contributed by atoms with Gasteiger partial charge in [0.1, 0.15) is 4.88 Å². The minimum Gasteiger partial charge on any atom is -0.462 e. The third kappa shape index (κ3) is 5.74. The van der Waals surface area contributed by atoms with Crippen LogP contribution in [0.3, 0.4) is 0 Å². The van der Waals surface area contributed by atoms with E-state index in [2.05, 4.69) is 10.3 Å². The number of carbonyl (C=O) groups excluding carboxylic acids is 3. The van der Waals surface area contributed by atoms with Crippen molar-refractivity contribution in [3.05, 3.63) is 57.4 Å². The second-order valence-corrected chi connectivity index (χ2v) is 8.30. The molecule has 0 aliphatic rings. The molecule has 1 aromatic carbocycles. The molecule has 3 rings (SSSR count). The zero-order valence-corrected chi connectivity index (χ0v) is 18.1. The van der Waals surface area contributed by atoms with Gasteiger partial charge in [-0.2, -0.15) is 0 Å². The van der Waals surface area contributed by atoms with Gasteiger partial charge in [-0.25, -0.2) is 9.78 Å². The van der Waals surface area contributed by atoms with Crippen LogP contribution in [0.1, 0.15) is 27.3 Å². The summed E-state index contributed by atoms with van der Waals surface area (Å²) in [5.41, 5.74) is 1.85. The smallest absolute Gasteiger partial charge is 0.350 e. The van der Waals surface area contributed by atoms with E-state index in [0.29, 0.717) is 11.4 Å². The van der Waals surface area contributed by atoms with Gasteiger partial charge < -0.3 is 14.8 Å². The number of nitrogens with one attached hydrogen (secondary N) is 1. The molecule has 0 saturated carbocycles. The normalized spacial score (nSPS) is 10.5. The Balaban J connectivity index is 1.66. The molecule has 0 saturated heterocycles. The highest BCUT2D eigenvalue weighted by atomic mass is 32.1. The fourth-order valence-electron chi connectivity index (χ4n) is 2.60. The summed E-state index contributed by atoms with van der Waals surface area (Å²) < 4.78 is 10.1. The fourth-order valence-corrected chi connectivity index (χ4v) is 4.22. The van der Waals surface area contributed by atoms with Crippen LogP contribution in [0, 0.1) is 6.92 Å². The molecule has 156 valence electrons. The Labute approximate surface area is 181 Å². The van der Waals surface area contributed by atoms with Crippen LogP contribution in [0.4, 0.5) is 5.69 Å². The Morgan fingerprint density at radius 3 is 2.57 bits per heavy atom. The number of amides is 1. The lowest BCUT2D eigenvalue weighted by Crippen LogP contribution is -2.22. The minimum atomic E-state index is -0.545. The Hall–Kier alpha value is -3.04. The van der Waals surface area contributed by atoms with E-state index in [4.69, 9.17) is 9.47 Å². The number of esters is 2. The third-order valence-electron chi connectivity index (χ3n) is 3.88. The summed E-state index contributed by atoms with van der Waals surface area (Å²) in [5, 5.41) is 5.28. The predicted molar refractivity (Wildman–Crippen MR) is 116 cm³/mol. The van der Waals surface area contributed by atoms with Crippen molar-refractivity contribution in [3.8, 4) is 10.4 Å². The van der Waals surface area contributed by atoms with Crippen molar-refractivity contribution in [2.75, 3.05) is 18.5 Å². The summed E-state index contributed by atoms with van der Waals surface area (Å²) >= 11 is 2.67. The Bertz CT molecular complexity index is 1040. The highest BCUT2D eigenvalue weighted by Crippen LogP contribution is 2.35. The molecule has 30 heavy (non-hydrogen) atoms. The van der Waals surface area contributed by atoms with Crippen LogP contribution < -0.4 is 5.32 Å². The third-order valence-corrected chi connectivity index (χ3v) is 5.87. The number of hydrogen-bond acceptors (Lipinski definition) is 8. The Kier molecular flexibility index (Phi) is 7.31. The molecule has 0 atom stereocenters. The summed E-state index contributed by atoms with van der Waals surface area (Å²) in [6.45, 7) is 3.32. The molecular formula is C21H20N2O5S2. The molecule has 2 heterocycles. The first kappa shape index (κ1) is 21.7. The summed E-state index contributed by atoms with van der Waals surface area (Å²) in [5.74, 6) is -1.60. The first-order valence-corrected chi connectivity index (χ1v) is 10.9. The molecule has 0 bridgehead atoms. The number of thiazole rings is 1. The maximum absolute atomic E-state index is 12.3. The van der Waals surface area contributed by atoms with Gasteiger partial charge >= 0.3 is 11.9 Å². The van der Waals surface area contributed by atoms with Crippen molar-refractivity contribution in [1.82, 2.24) is 4.98 Å². The molecule has 0 fully saturated rings. The maximum Gasteiger partial charge on any atom is 0.350 e. The Morgan fingerprint density at radius 1 is 1.13 bits per heavy atom. The number of rotatable bonds is 8. The van der Waals surface area contributed by atoms with Crippen molar-refractivity contribution in [2.45, 2.75) is 20.3 Å². The topological polar surface area (TPSA) is 94.6 Å². The summed E-state index contributed by atoms with van der Waals surface area (Å²) in [7, 11) is 0. The largest absolute Gasteiger partial charge is 0.462 e. The molecule has 1 amide bonds. The minimum absolute atomic E-state index is 0.00228. The van der Waals surface area contributed by atoms with Crippen molar-refractivity contribution in [2.24, 2.45) is 0 Å². The van der Waals surface area contributed by atoms with E-state index in [1.165, 1.54) is 22.7 Å². The second-order valence-electron chi connectivity index (χ2n) is 6.18. The lowest BCUT2D eigenvalue weighted by molar-refractivity contribution is -0.146. The van der Waals surface area contributed by atoms with Crippen molar-refractivity contribution in [1.29, 1.82) is 0 Å². The van der Waals surface area contributed by atoms with Gasteiger partial charge in [-0.05, 0) is 25.5 Å². The maximum atomic E-state index is 12.3. The average Bonchev–Trinajstić information content (AvgIpc) is 3.33. The van der Waals surface area contributed by atoms with Crippen LogP contribution in [0.5, 0.6) is 0 Å². The van der Waals surface area contributed by atoms with E-state index in [1.807, 2.05) is 37.3 Å². The first-order valence-electron chi connectivity index (χ1n) is 9.19. The van der Waals surface area contributed by atoms with Crippen molar-refractivity contribution in [3.63, 3.8) is 0 Å². The van der Waals surface area contributed by atoms with E-state index in [0.717, 1.165) is 15.4 Å². The van der Waals surface area contributed by atoms with Gasteiger partial charge in [-0.15, -0.1) is 22.7 Å². The highest BCUT2D eigenvalue weighted by molar-refractivity contribution is 7.18. The van der Waals surface area contributed by atoms with E-state index in [9.17, 15) is 14.4 Å². The Morgan fingerprint density at radius 2 is 1.90 bits per heavy atom. The zero-order chi connectivity index (χ0) is 21.5. The number of anilines is 1. The molecule has 0 spiro atoms. The van der Waals surface area contributed by atoms with Gasteiger partial charge in [0.25, 0.3) is 5.91 Å². The second kappa shape index (κ2) is 10.1. The van der Waals surface area contributed by atoms with Gasteiger partial charge in [0.05, 0.1) is 29.4 Å². The van der Waals surface area contributed by atoms with E-state index >= 15 is 0 Å². The van der Waals surface area contributed by atoms with Crippen LogP contribution in [0.25, 0.3) is 10.4 Å². The standard InChI is InChI=1S/C21H20N2O5S2/c1-3-27-21(26)20-16(10-17(30-20)14-7-5-4-6-8-14)23-18(24)11-28-19(25)9-15-12-29-13(2)22-15/h4-8,10,12H,3,9,11H2,1-2H3,(H,23,24). The SMILES string of the molecule is CCOC(=O)c1sc(-c2ccccc2)cc1NC(=O)COC(=O)Cc1csc(C)n1. The molecule has 2 aromatic heterocycles. The van der Waals surface area contributed by atoms with Crippen LogP contribution in [0.15, 0.2) is 41.8 Å². The molecular weight excluding hydrogens is 424 g/mol. The average molecular weight is 445 g/mol. The number of nitrogens with zero attached hydrogens (tertiary/aromatic N) is 1.